The molecule has 1 aliphatic rings. The summed E-state index contributed by atoms with van der Waals surface area (Å²) in [5, 5.41) is 10.4. The van der Waals surface area contributed by atoms with Crippen molar-refractivity contribution in [1.29, 1.82) is 5.26 Å². The lowest BCUT2D eigenvalue weighted by Crippen LogP contribution is -2.33. The van der Waals surface area contributed by atoms with Crippen LogP contribution in [0.25, 0.3) is 10.2 Å². The number of hydrogen-bond donors (Lipinski definition) is 0. The van der Waals surface area contributed by atoms with Gasteiger partial charge in [-0.3, -0.25) is 14.2 Å². The highest BCUT2D eigenvalue weighted by Crippen LogP contribution is 2.34. The van der Waals surface area contributed by atoms with Crippen LogP contribution in [0.4, 0.5) is 5.69 Å². The van der Waals surface area contributed by atoms with Crippen LogP contribution in [-0.2, 0) is 24.2 Å². The Hall–Kier alpha value is -2.83. The van der Waals surface area contributed by atoms with Crippen molar-refractivity contribution < 1.29 is 9.53 Å². The Morgan fingerprint density at radius 1 is 1.26 bits per heavy atom. The third-order valence-corrected chi connectivity index (χ3v) is 8.04. The van der Waals surface area contributed by atoms with Crippen molar-refractivity contribution >= 4 is 44.9 Å². The van der Waals surface area contributed by atoms with Gasteiger partial charge in [-0.2, -0.15) is 5.26 Å². The van der Waals surface area contributed by atoms with E-state index in [9.17, 15) is 9.59 Å². The number of anilines is 1. The molecule has 34 heavy (non-hydrogen) atoms. The zero-order valence-corrected chi connectivity index (χ0v) is 21.1. The van der Waals surface area contributed by atoms with Gasteiger partial charge in [0, 0.05) is 23.7 Å². The quantitative estimate of drug-likeness (QED) is 0.312. The maximum atomic E-state index is 13.3. The van der Waals surface area contributed by atoms with Crippen molar-refractivity contribution in [3.63, 3.8) is 0 Å². The number of amides is 1. The molecule has 0 radical (unpaired) electrons. The van der Waals surface area contributed by atoms with E-state index in [1.54, 1.807) is 20.8 Å². The molecule has 1 aliphatic carbocycles. The second-order valence-electron chi connectivity index (χ2n) is 8.00. The van der Waals surface area contributed by atoms with Gasteiger partial charge in [-0.15, -0.1) is 11.3 Å². The van der Waals surface area contributed by atoms with Gasteiger partial charge in [0.25, 0.3) is 5.56 Å². The molecule has 3 aromatic rings. The molecule has 1 amide bonds. The number of benzene rings is 1. The van der Waals surface area contributed by atoms with Crippen LogP contribution in [0.3, 0.4) is 0 Å². The molecular weight excluding hydrogens is 468 g/mol. The van der Waals surface area contributed by atoms with Gasteiger partial charge in [-0.1, -0.05) is 11.8 Å². The molecular formula is C25H28N4O3S2. The summed E-state index contributed by atoms with van der Waals surface area (Å²) in [6.07, 6.45) is 4.45. The number of aryl methyl sites for hydroxylation is 2. The zero-order valence-electron chi connectivity index (χ0n) is 19.5. The number of aromatic nitrogens is 2. The lowest BCUT2D eigenvalue weighted by Gasteiger charge is -2.22. The van der Waals surface area contributed by atoms with Crippen LogP contribution in [0.15, 0.2) is 34.2 Å². The average Bonchev–Trinajstić information content (AvgIpc) is 3.23. The summed E-state index contributed by atoms with van der Waals surface area (Å²) in [6.45, 7) is 5.21. The first kappa shape index (κ1) is 24.3. The predicted octanol–water partition coefficient (Wildman–Crippen LogP) is 4.79. The number of hydrogen-bond acceptors (Lipinski definition) is 7. The fraction of sp³-hybridized carbons (Fsp3) is 0.440. The summed E-state index contributed by atoms with van der Waals surface area (Å²) in [4.78, 5) is 35.0. The second-order valence-corrected chi connectivity index (χ2v) is 10.0. The van der Waals surface area contributed by atoms with E-state index >= 15 is 0 Å². The number of ether oxygens (including phenoxy) is 1. The van der Waals surface area contributed by atoms with Gasteiger partial charge in [0.05, 0.1) is 30.2 Å². The predicted molar refractivity (Wildman–Crippen MR) is 137 cm³/mol. The van der Waals surface area contributed by atoms with E-state index in [-0.39, 0.29) is 23.6 Å². The number of nitrogens with zero attached hydrogens (tertiary/aromatic N) is 4. The molecule has 0 saturated carbocycles. The van der Waals surface area contributed by atoms with Crippen molar-refractivity contribution in [2.45, 2.75) is 57.7 Å². The first-order chi connectivity index (χ1) is 16.6. The summed E-state index contributed by atoms with van der Waals surface area (Å²) in [6, 6.07) is 9.41. The van der Waals surface area contributed by atoms with E-state index < -0.39 is 0 Å². The van der Waals surface area contributed by atoms with Gasteiger partial charge in [0.2, 0.25) is 5.91 Å². The van der Waals surface area contributed by atoms with Gasteiger partial charge in [0.15, 0.2) is 5.16 Å². The third-order valence-electron chi connectivity index (χ3n) is 5.89. The van der Waals surface area contributed by atoms with Crippen molar-refractivity contribution in [3.05, 3.63) is 45.1 Å². The molecule has 0 aliphatic heterocycles. The Morgan fingerprint density at radius 3 is 2.74 bits per heavy atom. The van der Waals surface area contributed by atoms with Crippen LogP contribution in [0.5, 0.6) is 5.75 Å². The Morgan fingerprint density at radius 2 is 2.03 bits per heavy atom. The van der Waals surface area contributed by atoms with Crippen LogP contribution in [0.2, 0.25) is 0 Å². The van der Waals surface area contributed by atoms with Gasteiger partial charge >= 0.3 is 0 Å². The molecule has 178 valence electrons. The minimum Gasteiger partial charge on any atom is -0.494 e. The number of fused-ring (bicyclic) bond motifs is 3. The molecule has 0 N–H and O–H groups in total. The molecule has 0 saturated heterocycles. The molecule has 1 aromatic carbocycles. The molecule has 2 aromatic heterocycles. The average molecular weight is 497 g/mol. The highest BCUT2D eigenvalue weighted by molar-refractivity contribution is 7.99. The Kier molecular flexibility index (Phi) is 7.91. The lowest BCUT2D eigenvalue weighted by atomic mass is 9.97. The molecule has 0 bridgehead atoms. The maximum Gasteiger partial charge on any atom is 0.263 e. The van der Waals surface area contributed by atoms with Gasteiger partial charge in [0.1, 0.15) is 10.6 Å². The number of thioether (sulfide) groups is 1. The van der Waals surface area contributed by atoms with E-state index in [1.165, 1.54) is 22.2 Å². The van der Waals surface area contributed by atoms with Crippen molar-refractivity contribution in [3.8, 4) is 11.8 Å². The Balaban J connectivity index is 1.58. The van der Waals surface area contributed by atoms with E-state index in [1.807, 2.05) is 38.1 Å². The smallest absolute Gasteiger partial charge is 0.263 e. The number of carbonyl (C=O) groups is 1. The largest absolute Gasteiger partial charge is 0.494 e. The summed E-state index contributed by atoms with van der Waals surface area (Å²) >= 11 is 2.90. The summed E-state index contributed by atoms with van der Waals surface area (Å²) in [7, 11) is 0. The van der Waals surface area contributed by atoms with Gasteiger partial charge < -0.3 is 9.64 Å². The van der Waals surface area contributed by atoms with Crippen molar-refractivity contribution in [1.82, 2.24) is 9.55 Å². The minimum atomic E-state index is -0.133. The van der Waals surface area contributed by atoms with Gasteiger partial charge in [-0.25, -0.2) is 4.98 Å². The molecule has 9 heteroatoms. The summed E-state index contributed by atoms with van der Waals surface area (Å²) in [5.74, 6) is 0.727. The highest BCUT2D eigenvalue weighted by Gasteiger charge is 2.23. The van der Waals surface area contributed by atoms with E-state index in [0.717, 1.165) is 41.6 Å². The van der Waals surface area contributed by atoms with E-state index in [2.05, 4.69) is 6.07 Å². The number of rotatable bonds is 9. The second kappa shape index (κ2) is 11.1. The molecule has 0 spiro atoms. The normalized spacial score (nSPS) is 12.9. The van der Waals surface area contributed by atoms with Gasteiger partial charge in [-0.05, 0) is 69.4 Å². The molecule has 2 heterocycles. The number of thiophene rings is 1. The Bertz CT molecular complexity index is 1270. The summed E-state index contributed by atoms with van der Waals surface area (Å²) in [5.41, 5.74) is 1.89. The number of carbonyl (C=O) groups excluding carboxylic acids is 1. The summed E-state index contributed by atoms with van der Waals surface area (Å²) < 4.78 is 7.17. The van der Waals surface area contributed by atoms with Crippen LogP contribution in [0, 0.1) is 11.3 Å². The van der Waals surface area contributed by atoms with Crippen LogP contribution < -0.4 is 15.2 Å². The van der Waals surface area contributed by atoms with Crippen molar-refractivity contribution in [2.75, 3.05) is 23.8 Å². The van der Waals surface area contributed by atoms with Crippen LogP contribution >= 0.6 is 23.1 Å². The first-order valence-corrected chi connectivity index (χ1v) is 13.5. The molecule has 7 nitrogen and oxygen atoms in total. The minimum absolute atomic E-state index is 0.00491. The highest BCUT2D eigenvalue weighted by atomic mass is 32.2. The Labute approximate surface area is 207 Å². The molecule has 0 atom stereocenters. The molecule has 0 unspecified atom stereocenters. The number of nitriles is 1. The standard InChI is InChI=1S/C25H28N4O3S2/c1-3-28-24(31)22-19-8-5-6-9-20(19)34-23(22)27-25(28)33-16-21(30)29(15-7-14-26)17-10-12-18(13-11-17)32-4-2/h10-13H,3-9,15-16H2,1-2H3. The van der Waals surface area contributed by atoms with E-state index in [0.29, 0.717) is 30.5 Å². The molecule has 4 rings (SSSR count). The fourth-order valence-corrected chi connectivity index (χ4v) is 6.50. The lowest BCUT2D eigenvalue weighted by molar-refractivity contribution is -0.116. The molecule has 0 fully saturated rings. The zero-order chi connectivity index (χ0) is 24.1. The fourth-order valence-electron chi connectivity index (χ4n) is 4.26. The SMILES string of the molecule is CCOc1ccc(N(CCC#N)C(=O)CSc2nc3sc4c(c3c(=O)n2CC)CCCC4)cc1. The van der Waals surface area contributed by atoms with Crippen LogP contribution in [-0.4, -0.2) is 34.4 Å². The van der Waals surface area contributed by atoms with E-state index in [4.69, 9.17) is 15.0 Å². The topological polar surface area (TPSA) is 88.2 Å². The third kappa shape index (κ3) is 4.98. The van der Waals surface area contributed by atoms with Crippen molar-refractivity contribution in [2.24, 2.45) is 0 Å². The monoisotopic (exact) mass is 496 g/mol. The van der Waals surface area contributed by atoms with Crippen LogP contribution in [0.1, 0.15) is 43.6 Å². The first-order valence-electron chi connectivity index (χ1n) is 11.6. The maximum absolute atomic E-state index is 13.3.